The number of anilines is 1. The molecular weight excluding hydrogens is 336 g/mol. The molecule has 0 bridgehead atoms. The molecule has 0 aliphatic carbocycles. The summed E-state index contributed by atoms with van der Waals surface area (Å²) in [5.74, 6) is -1.44. The maximum Gasteiger partial charge on any atom is 0.326 e. The Morgan fingerprint density at radius 2 is 1.88 bits per heavy atom. The number of aromatic nitrogens is 2. The summed E-state index contributed by atoms with van der Waals surface area (Å²) in [7, 11) is 0. The summed E-state index contributed by atoms with van der Waals surface area (Å²) in [4.78, 5) is 35.7. The Labute approximate surface area is 151 Å². The number of hydrogen-bond acceptors (Lipinski definition) is 7. The zero-order valence-corrected chi connectivity index (χ0v) is 14.8. The molecule has 2 N–H and O–H groups in total. The first-order valence-electron chi connectivity index (χ1n) is 8.34. The first-order valence-corrected chi connectivity index (χ1v) is 8.34. The number of carbonyl (C=O) groups is 2. The molecule has 0 aromatic carbocycles. The topological polar surface area (TPSA) is 122 Å². The molecular formula is C17H22N6O3. The summed E-state index contributed by atoms with van der Waals surface area (Å²) in [5.41, 5.74) is -0.110. The molecule has 1 unspecified atom stereocenters. The zero-order chi connectivity index (χ0) is 19.1. The quantitative estimate of drug-likeness (QED) is 0.547. The van der Waals surface area contributed by atoms with Crippen molar-refractivity contribution >= 4 is 17.8 Å². The maximum absolute atomic E-state index is 12.2. The molecule has 0 spiro atoms. The van der Waals surface area contributed by atoms with Crippen LogP contribution in [0.15, 0.2) is 30.2 Å². The van der Waals surface area contributed by atoms with Crippen LogP contribution in [0.3, 0.4) is 0 Å². The molecule has 1 aliphatic heterocycles. The lowest BCUT2D eigenvalue weighted by Gasteiger charge is -2.34. The van der Waals surface area contributed by atoms with E-state index in [0.29, 0.717) is 32.1 Å². The molecule has 0 saturated carbocycles. The van der Waals surface area contributed by atoms with E-state index in [1.165, 1.54) is 6.20 Å². The number of carboxylic acid groups (broad SMARTS) is 1. The molecule has 1 aliphatic rings. The number of carboxylic acids is 1. The average Bonchev–Trinajstić information content (AvgIpc) is 2.64. The highest BCUT2D eigenvalue weighted by Crippen LogP contribution is 2.11. The minimum absolute atomic E-state index is 0.110. The fourth-order valence-corrected chi connectivity index (χ4v) is 2.56. The van der Waals surface area contributed by atoms with Crippen molar-refractivity contribution < 1.29 is 14.7 Å². The van der Waals surface area contributed by atoms with Crippen LogP contribution in [-0.4, -0.2) is 64.1 Å². The number of carbonyl (C=O) groups excluding carboxylic acids is 1. The van der Waals surface area contributed by atoms with E-state index in [2.05, 4.69) is 15.3 Å². The molecule has 2 heterocycles. The molecule has 9 heteroatoms. The van der Waals surface area contributed by atoms with Gasteiger partial charge in [0, 0.05) is 44.8 Å². The third-order valence-corrected chi connectivity index (χ3v) is 4.05. The number of nitrogens with one attached hydrogen (secondary N) is 1. The Balaban J connectivity index is 1.98. The summed E-state index contributed by atoms with van der Waals surface area (Å²) < 4.78 is 0. The van der Waals surface area contributed by atoms with Gasteiger partial charge in [-0.05, 0) is 12.0 Å². The standard InChI is InChI=1S/C17H22N6O3/c1-12(2)14(16(25)26)21-15(24)13(10-18)11-22-6-8-23(9-7-22)17-19-4-3-5-20-17/h3-5,11-12,14H,6-9H2,1-2H3,(H,21,24)(H,25,26)/b13-11-. The molecule has 138 valence electrons. The maximum atomic E-state index is 12.2. The molecule has 1 saturated heterocycles. The minimum Gasteiger partial charge on any atom is -0.480 e. The number of rotatable bonds is 6. The molecule has 1 atom stereocenters. The summed E-state index contributed by atoms with van der Waals surface area (Å²) >= 11 is 0. The Morgan fingerprint density at radius 1 is 1.27 bits per heavy atom. The number of nitrogens with zero attached hydrogens (tertiary/aromatic N) is 5. The molecule has 26 heavy (non-hydrogen) atoms. The predicted octanol–water partition coefficient (Wildman–Crippen LogP) is 0.231. The van der Waals surface area contributed by atoms with Gasteiger partial charge in [0.2, 0.25) is 5.95 Å². The van der Waals surface area contributed by atoms with Crippen molar-refractivity contribution in [3.63, 3.8) is 0 Å². The number of aliphatic carboxylic acids is 1. The molecule has 0 radical (unpaired) electrons. The van der Waals surface area contributed by atoms with Crippen LogP contribution in [0.5, 0.6) is 0 Å². The first kappa shape index (κ1) is 19.2. The van der Waals surface area contributed by atoms with Crippen molar-refractivity contribution in [2.45, 2.75) is 19.9 Å². The lowest BCUT2D eigenvalue weighted by atomic mass is 10.0. The fraction of sp³-hybridized carbons (Fsp3) is 0.471. The van der Waals surface area contributed by atoms with Gasteiger partial charge < -0.3 is 20.2 Å². The summed E-state index contributed by atoms with van der Waals surface area (Å²) in [6.07, 6.45) is 4.85. The van der Waals surface area contributed by atoms with E-state index in [0.717, 1.165) is 0 Å². The highest BCUT2D eigenvalue weighted by molar-refractivity contribution is 5.99. The third kappa shape index (κ3) is 4.92. The molecule has 1 aromatic heterocycles. The SMILES string of the molecule is CC(C)C(NC(=O)/C(C#N)=C\N1CCN(c2ncccn2)CC1)C(=O)O. The van der Waals surface area contributed by atoms with Crippen LogP contribution in [0.25, 0.3) is 0 Å². The summed E-state index contributed by atoms with van der Waals surface area (Å²) in [5, 5.41) is 20.8. The Morgan fingerprint density at radius 3 is 2.38 bits per heavy atom. The van der Waals surface area contributed by atoms with Crippen LogP contribution < -0.4 is 10.2 Å². The van der Waals surface area contributed by atoms with Crippen molar-refractivity contribution in [1.29, 1.82) is 5.26 Å². The lowest BCUT2D eigenvalue weighted by Crippen LogP contribution is -2.46. The highest BCUT2D eigenvalue weighted by atomic mass is 16.4. The molecule has 2 rings (SSSR count). The zero-order valence-electron chi connectivity index (χ0n) is 14.8. The molecule has 1 amide bonds. The molecule has 1 aromatic rings. The van der Waals surface area contributed by atoms with Crippen molar-refractivity contribution in [1.82, 2.24) is 20.2 Å². The second-order valence-corrected chi connectivity index (χ2v) is 6.26. The Hall–Kier alpha value is -3.15. The van der Waals surface area contributed by atoms with E-state index in [-0.39, 0.29) is 11.5 Å². The van der Waals surface area contributed by atoms with Gasteiger partial charge in [-0.15, -0.1) is 0 Å². The number of piperazine rings is 1. The van der Waals surface area contributed by atoms with Gasteiger partial charge in [0.1, 0.15) is 17.7 Å². The Kier molecular flexibility index (Phi) is 6.49. The second-order valence-electron chi connectivity index (χ2n) is 6.26. The van der Waals surface area contributed by atoms with Crippen molar-refractivity contribution in [2.24, 2.45) is 5.92 Å². The number of nitriles is 1. The average molecular weight is 358 g/mol. The van der Waals surface area contributed by atoms with Crippen LogP contribution in [0.4, 0.5) is 5.95 Å². The minimum atomic E-state index is -1.12. The summed E-state index contributed by atoms with van der Waals surface area (Å²) in [6.45, 7) is 5.90. The van der Waals surface area contributed by atoms with Crippen molar-refractivity contribution in [2.75, 3.05) is 31.1 Å². The van der Waals surface area contributed by atoms with E-state index in [1.807, 2.05) is 15.9 Å². The highest BCUT2D eigenvalue weighted by Gasteiger charge is 2.25. The molecule has 9 nitrogen and oxygen atoms in total. The van der Waals surface area contributed by atoms with Crippen LogP contribution in [0, 0.1) is 17.2 Å². The van der Waals surface area contributed by atoms with Gasteiger partial charge in [-0.25, -0.2) is 14.8 Å². The lowest BCUT2D eigenvalue weighted by molar-refractivity contribution is -0.142. The van der Waals surface area contributed by atoms with Crippen LogP contribution in [-0.2, 0) is 9.59 Å². The van der Waals surface area contributed by atoms with Crippen LogP contribution in [0.1, 0.15) is 13.8 Å². The third-order valence-electron chi connectivity index (χ3n) is 4.05. The number of amides is 1. The van der Waals surface area contributed by atoms with E-state index in [1.54, 1.807) is 32.3 Å². The van der Waals surface area contributed by atoms with Gasteiger partial charge in [-0.3, -0.25) is 4.79 Å². The predicted molar refractivity (Wildman–Crippen MR) is 93.9 cm³/mol. The second kappa shape index (κ2) is 8.80. The van der Waals surface area contributed by atoms with E-state index >= 15 is 0 Å². The van der Waals surface area contributed by atoms with Gasteiger partial charge in [0.25, 0.3) is 5.91 Å². The van der Waals surface area contributed by atoms with Gasteiger partial charge in [-0.1, -0.05) is 13.8 Å². The van der Waals surface area contributed by atoms with Crippen molar-refractivity contribution in [3.05, 3.63) is 30.2 Å². The van der Waals surface area contributed by atoms with Gasteiger partial charge in [0.15, 0.2) is 0 Å². The normalized spacial score (nSPS) is 16.2. The van der Waals surface area contributed by atoms with E-state index < -0.39 is 17.9 Å². The first-order chi connectivity index (χ1) is 12.4. The van der Waals surface area contributed by atoms with Crippen LogP contribution in [0.2, 0.25) is 0 Å². The molecule has 1 fully saturated rings. The van der Waals surface area contributed by atoms with E-state index in [9.17, 15) is 14.9 Å². The van der Waals surface area contributed by atoms with Crippen molar-refractivity contribution in [3.8, 4) is 6.07 Å². The summed E-state index contributed by atoms with van der Waals surface area (Å²) in [6, 6.07) is 2.57. The van der Waals surface area contributed by atoms with Gasteiger partial charge in [-0.2, -0.15) is 5.26 Å². The largest absolute Gasteiger partial charge is 0.480 e. The van der Waals surface area contributed by atoms with Crippen LogP contribution >= 0.6 is 0 Å². The smallest absolute Gasteiger partial charge is 0.326 e. The Bertz CT molecular complexity index is 705. The fourth-order valence-electron chi connectivity index (χ4n) is 2.56. The monoisotopic (exact) mass is 358 g/mol. The number of hydrogen-bond donors (Lipinski definition) is 2. The van der Waals surface area contributed by atoms with E-state index in [4.69, 9.17) is 5.11 Å². The van der Waals surface area contributed by atoms with Gasteiger partial charge in [0.05, 0.1) is 0 Å². The van der Waals surface area contributed by atoms with Gasteiger partial charge >= 0.3 is 5.97 Å².